The Bertz CT molecular complexity index is 650. The van der Waals surface area contributed by atoms with Gasteiger partial charge in [-0.15, -0.1) is 0 Å². The van der Waals surface area contributed by atoms with Crippen molar-refractivity contribution in [2.24, 2.45) is 0 Å². The minimum absolute atomic E-state index is 0.192. The zero-order valence-corrected chi connectivity index (χ0v) is 11.7. The Kier molecular flexibility index (Phi) is 3.52. The summed E-state index contributed by atoms with van der Waals surface area (Å²) in [5.41, 5.74) is 2.09. The fraction of sp³-hybridized carbons (Fsp3) is 0.231. The Balaban J connectivity index is 2.47. The number of rotatable bonds is 2. The SMILES string of the molecule is Cc1nc(=O)n(Cc2cccc(O)c2)c(C)c1Br. The van der Waals surface area contributed by atoms with E-state index in [1.807, 2.05) is 13.0 Å². The van der Waals surface area contributed by atoms with Crippen molar-refractivity contribution in [3.05, 3.63) is 56.2 Å². The van der Waals surface area contributed by atoms with Crippen molar-refractivity contribution in [1.29, 1.82) is 0 Å². The van der Waals surface area contributed by atoms with Crippen molar-refractivity contribution < 1.29 is 5.11 Å². The maximum Gasteiger partial charge on any atom is 0.348 e. The fourth-order valence-electron chi connectivity index (χ4n) is 1.80. The van der Waals surface area contributed by atoms with E-state index in [4.69, 9.17) is 0 Å². The third kappa shape index (κ3) is 2.46. The van der Waals surface area contributed by atoms with Crippen molar-refractivity contribution in [3.63, 3.8) is 0 Å². The number of hydrogen-bond acceptors (Lipinski definition) is 3. The van der Waals surface area contributed by atoms with Gasteiger partial charge in [-0.25, -0.2) is 4.79 Å². The van der Waals surface area contributed by atoms with E-state index in [0.29, 0.717) is 12.2 Å². The van der Waals surface area contributed by atoms with E-state index in [1.54, 1.807) is 29.7 Å². The predicted molar refractivity (Wildman–Crippen MR) is 72.9 cm³/mol. The van der Waals surface area contributed by atoms with Gasteiger partial charge in [0.15, 0.2) is 0 Å². The Morgan fingerprint density at radius 1 is 1.39 bits per heavy atom. The van der Waals surface area contributed by atoms with Crippen LogP contribution in [0.3, 0.4) is 0 Å². The maximum atomic E-state index is 11.9. The molecule has 0 saturated carbocycles. The Hall–Kier alpha value is -1.62. The lowest BCUT2D eigenvalue weighted by Crippen LogP contribution is -2.26. The Labute approximate surface area is 113 Å². The molecule has 2 rings (SSSR count). The first-order valence-corrected chi connectivity index (χ1v) is 6.30. The molecule has 1 aromatic heterocycles. The van der Waals surface area contributed by atoms with E-state index < -0.39 is 0 Å². The molecule has 2 aromatic rings. The third-order valence-corrected chi connectivity index (χ3v) is 3.93. The highest BCUT2D eigenvalue weighted by Crippen LogP contribution is 2.18. The lowest BCUT2D eigenvalue weighted by molar-refractivity contribution is 0.474. The number of aryl methyl sites for hydroxylation is 1. The molecule has 0 aliphatic carbocycles. The molecule has 0 saturated heterocycles. The normalized spacial score (nSPS) is 10.6. The van der Waals surface area contributed by atoms with Crippen LogP contribution in [-0.4, -0.2) is 14.7 Å². The molecule has 0 aliphatic heterocycles. The van der Waals surface area contributed by atoms with Gasteiger partial charge < -0.3 is 5.11 Å². The minimum Gasteiger partial charge on any atom is -0.508 e. The van der Waals surface area contributed by atoms with Gasteiger partial charge in [-0.05, 0) is 47.5 Å². The zero-order valence-electron chi connectivity index (χ0n) is 10.1. The van der Waals surface area contributed by atoms with E-state index in [-0.39, 0.29) is 11.4 Å². The number of hydrogen-bond donors (Lipinski definition) is 1. The van der Waals surface area contributed by atoms with Gasteiger partial charge in [0.1, 0.15) is 5.75 Å². The molecule has 0 bridgehead atoms. The summed E-state index contributed by atoms with van der Waals surface area (Å²) < 4.78 is 2.41. The second-order valence-electron chi connectivity index (χ2n) is 4.14. The third-order valence-electron chi connectivity index (χ3n) is 2.79. The van der Waals surface area contributed by atoms with Crippen LogP contribution < -0.4 is 5.69 Å². The van der Waals surface area contributed by atoms with E-state index in [9.17, 15) is 9.90 Å². The number of phenolic OH excluding ortho intramolecular Hbond substituents is 1. The van der Waals surface area contributed by atoms with Crippen molar-refractivity contribution in [3.8, 4) is 5.75 Å². The molecule has 0 fully saturated rings. The summed E-state index contributed by atoms with van der Waals surface area (Å²) >= 11 is 3.42. The zero-order chi connectivity index (χ0) is 13.3. The Morgan fingerprint density at radius 3 is 2.78 bits per heavy atom. The van der Waals surface area contributed by atoms with Gasteiger partial charge in [-0.2, -0.15) is 4.98 Å². The van der Waals surface area contributed by atoms with Crippen molar-refractivity contribution in [2.45, 2.75) is 20.4 Å². The highest BCUT2D eigenvalue weighted by Gasteiger charge is 2.09. The highest BCUT2D eigenvalue weighted by atomic mass is 79.9. The van der Waals surface area contributed by atoms with Gasteiger partial charge in [-0.1, -0.05) is 12.1 Å². The molecule has 5 heteroatoms. The number of phenols is 1. The number of benzene rings is 1. The molecule has 94 valence electrons. The van der Waals surface area contributed by atoms with Crippen molar-refractivity contribution >= 4 is 15.9 Å². The van der Waals surface area contributed by atoms with Crippen LogP contribution in [0.15, 0.2) is 33.5 Å². The summed E-state index contributed by atoms with van der Waals surface area (Å²) in [6.07, 6.45) is 0. The molecule has 4 nitrogen and oxygen atoms in total. The quantitative estimate of drug-likeness (QED) is 0.926. The first-order chi connectivity index (χ1) is 8.49. The van der Waals surface area contributed by atoms with Crippen LogP contribution in [0, 0.1) is 13.8 Å². The molecule has 18 heavy (non-hydrogen) atoms. The van der Waals surface area contributed by atoms with Gasteiger partial charge in [0.25, 0.3) is 0 Å². The molecule has 1 heterocycles. The smallest absolute Gasteiger partial charge is 0.348 e. The fourth-order valence-corrected chi connectivity index (χ4v) is 2.10. The molecular weight excluding hydrogens is 296 g/mol. The second-order valence-corrected chi connectivity index (χ2v) is 4.93. The van der Waals surface area contributed by atoms with Crippen molar-refractivity contribution in [2.75, 3.05) is 0 Å². The largest absolute Gasteiger partial charge is 0.508 e. The van der Waals surface area contributed by atoms with Crippen LogP contribution in [0.25, 0.3) is 0 Å². The van der Waals surface area contributed by atoms with Crippen LogP contribution >= 0.6 is 15.9 Å². The lowest BCUT2D eigenvalue weighted by Gasteiger charge is -2.12. The van der Waals surface area contributed by atoms with Crippen LogP contribution in [0.2, 0.25) is 0 Å². The average molecular weight is 309 g/mol. The summed E-state index contributed by atoms with van der Waals surface area (Å²) in [5.74, 6) is 0.192. The van der Waals surface area contributed by atoms with Gasteiger partial charge in [-0.3, -0.25) is 4.57 Å². The first kappa shape index (κ1) is 12.8. The summed E-state index contributed by atoms with van der Waals surface area (Å²) in [5, 5.41) is 9.42. The van der Waals surface area contributed by atoms with Crippen LogP contribution in [0.4, 0.5) is 0 Å². The van der Waals surface area contributed by atoms with Crippen molar-refractivity contribution in [1.82, 2.24) is 9.55 Å². The van der Waals surface area contributed by atoms with Gasteiger partial charge in [0.2, 0.25) is 0 Å². The molecule has 0 amide bonds. The standard InChI is InChI=1S/C13H13BrN2O2/c1-8-12(14)9(2)16(13(18)15-8)7-10-4-3-5-11(17)6-10/h3-6,17H,7H2,1-2H3. The summed E-state index contributed by atoms with van der Waals surface area (Å²) in [6.45, 7) is 4.05. The van der Waals surface area contributed by atoms with E-state index >= 15 is 0 Å². The Morgan fingerprint density at radius 2 is 2.11 bits per heavy atom. The molecule has 0 aliphatic rings. The van der Waals surface area contributed by atoms with E-state index in [1.165, 1.54) is 0 Å². The monoisotopic (exact) mass is 308 g/mol. The van der Waals surface area contributed by atoms with Gasteiger partial charge in [0, 0.05) is 5.69 Å². The van der Waals surface area contributed by atoms with Crippen LogP contribution in [0.1, 0.15) is 17.0 Å². The molecule has 0 unspecified atom stereocenters. The minimum atomic E-state index is -0.281. The van der Waals surface area contributed by atoms with Crippen LogP contribution in [-0.2, 0) is 6.54 Å². The second kappa shape index (κ2) is 4.94. The number of aromatic nitrogens is 2. The van der Waals surface area contributed by atoms with Crippen LogP contribution in [0.5, 0.6) is 5.75 Å². The lowest BCUT2D eigenvalue weighted by atomic mass is 10.2. The van der Waals surface area contributed by atoms with E-state index in [0.717, 1.165) is 15.7 Å². The molecule has 0 atom stereocenters. The van der Waals surface area contributed by atoms with E-state index in [2.05, 4.69) is 20.9 Å². The molecular formula is C13H13BrN2O2. The summed E-state index contributed by atoms with van der Waals surface area (Å²) in [6, 6.07) is 6.85. The molecule has 0 radical (unpaired) electrons. The predicted octanol–water partition coefficient (Wildman–Crippen LogP) is 2.38. The number of aromatic hydroxyl groups is 1. The average Bonchev–Trinajstić information content (AvgIpc) is 2.32. The number of halogens is 1. The van der Waals surface area contributed by atoms with Gasteiger partial charge >= 0.3 is 5.69 Å². The first-order valence-electron chi connectivity index (χ1n) is 5.50. The highest BCUT2D eigenvalue weighted by molar-refractivity contribution is 9.10. The number of nitrogens with zero attached hydrogens (tertiary/aromatic N) is 2. The topological polar surface area (TPSA) is 55.1 Å². The molecule has 1 aromatic carbocycles. The maximum absolute atomic E-state index is 11.9. The van der Waals surface area contributed by atoms with Gasteiger partial charge in [0.05, 0.1) is 16.7 Å². The molecule has 0 spiro atoms. The molecule has 1 N–H and O–H groups in total. The summed E-state index contributed by atoms with van der Waals surface area (Å²) in [7, 11) is 0. The summed E-state index contributed by atoms with van der Waals surface area (Å²) in [4.78, 5) is 15.8.